The summed E-state index contributed by atoms with van der Waals surface area (Å²) < 4.78 is 0. The fourth-order valence-electron chi connectivity index (χ4n) is 1.64. The minimum atomic E-state index is -0.330. The first-order valence-electron chi connectivity index (χ1n) is 5.26. The molecule has 2 heteroatoms. The topological polar surface area (TPSA) is 17.1 Å². The molecule has 0 radical (unpaired) electrons. The molecule has 1 unspecified atom stereocenters. The van der Waals surface area contributed by atoms with Crippen LogP contribution in [-0.4, -0.2) is 5.78 Å². The third kappa shape index (κ3) is 2.57. The zero-order chi connectivity index (χ0) is 11.4. The first-order chi connectivity index (χ1) is 7.79. The second-order valence-electron chi connectivity index (χ2n) is 3.69. The number of benzene rings is 2. The zero-order valence-corrected chi connectivity index (χ0v) is 16.1. The summed E-state index contributed by atoms with van der Waals surface area (Å²) in [5, 5.41) is 0. The molecule has 0 fully saturated rings. The molecule has 82 valence electrons. The van der Waals surface area contributed by atoms with Crippen LogP contribution in [-0.2, 0) is 0 Å². The maximum absolute atomic E-state index is 12.1. The first-order valence-corrected chi connectivity index (χ1v) is 5.26. The maximum atomic E-state index is 12.1. The molecular weight excluding hydrogens is 463 g/mol. The van der Waals surface area contributed by atoms with E-state index < -0.39 is 0 Å². The standard InChI is InChI=1S/C15H13O.Rf/c1-12(13-8-4-2-5-9-13)15(16)14-10-6-3-7-11-14;/h2-12H,1H2;/q-1;. The van der Waals surface area contributed by atoms with Crippen LogP contribution in [0.1, 0.15) is 21.8 Å². The molecule has 1 atom stereocenters. The minimum Gasteiger partial charge on any atom is -0.328 e. The molecule has 0 aliphatic rings. The van der Waals surface area contributed by atoms with Crippen LogP contribution in [0.2, 0.25) is 0 Å². The number of ketones is 1. The van der Waals surface area contributed by atoms with Gasteiger partial charge in [-0.2, -0.15) is 0 Å². The van der Waals surface area contributed by atoms with E-state index in [1.807, 2.05) is 60.7 Å². The number of carbonyl (C=O) groups excluding carboxylic acids is 1. The molecule has 0 bridgehead atoms. The van der Waals surface area contributed by atoms with Crippen LogP contribution >= 0.6 is 0 Å². The van der Waals surface area contributed by atoms with Gasteiger partial charge in [0.15, 0.2) is 0 Å². The fourth-order valence-corrected chi connectivity index (χ4v) is 1.64. The molecule has 0 heterocycles. The van der Waals surface area contributed by atoms with Crippen molar-refractivity contribution in [3.8, 4) is 0 Å². The van der Waals surface area contributed by atoms with Crippen molar-refractivity contribution in [1.29, 1.82) is 0 Å². The van der Waals surface area contributed by atoms with Crippen molar-refractivity contribution in [3.05, 3.63) is 78.7 Å². The van der Waals surface area contributed by atoms with Gasteiger partial charge in [0.1, 0.15) is 5.78 Å². The van der Waals surface area contributed by atoms with Crippen molar-refractivity contribution < 1.29 is 4.79 Å². The van der Waals surface area contributed by atoms with Gasteiger partial charge in [-0.25, -0.2) is 0 Å². The number of rotatable bonds is 3. The molecule has 2 aromatic carbocycles. The Labute approximate surface area is 95.7 Å². The van der Waals surface area contributed by atoms with Crippen LogP contribution in [0.15, 0.2) is 60.7 Å². The van der Waals surface area contributed by atoms with Gasteiger partial charge >= 0.3 is 0 Å². The van der Waals surface area contributed by atoms with E-state index in [2.05, 4.69) is 6.92 Å². The summed E-state index contributed by atoms with van der Waals surface area (Å²) >= 11 is 0. The molecule has 2 rings (SSSR count). The predicted molar refractivity (Wildman–Crippen MR) is 65.3 cm³/mol. The van der Waals surface area contributed by atoms with Gasteiger partial charge in [0, 0.05) is 5.56 Å². The van der Waals surface area contributed by atoms with Crippen molar-refractivity contribution in [1.82, 2.24) is 0 Å². The first kappa shape index (κ1) is 12.2. The Balaban J connectivity index is 0.00000144. The quantitative estimate of drug-likeness (QED) is 0.490. The number of hydrogen-bond donors (Lipinski definition) is 0. The second kappa shape index (κ2) is 5.26. The molecule has 1 nitrogen and oxygen atoms in total. The number of hydrogen-bond acceptors (Lipinski definition) is 1. The van der Waals surface area contributed by atoms with Gasteiger partial charge < -0.3 is 6.92 Å². The molecule has 0 aliphatic carbocycles. The SMILES string of the molecule is [CH2-]C(C(=O)c1ccccc1)c1ccccc1.[Rf]. The Morgan fingerprint density at radius 3 is 1.88 bits per heavy atom. The van der Waals surface area contributed by atoms with Crippen molar-refractivity contribution in [2.24, 2.45) is 0 Å². The Hall–Kier alpha value is -2.89. The number of carbonyl (C=O) groups is 1. The van der Waals surface area contributed by atoms with E-state index >= 15 is 0 Å². The van der Waals surface area contributed by atoms with E-state index in [0.717, 1.165) is 5.56 Å². The molecule has 0 aromatic heterocycles. The molecule has 0 saturated carbocycles. The van der Waals surface area contributed by atoms with Gasteiger partial charge in [0.05, 0.1) is 0 Å². The third-order valence-electron chi connectivity index (χ3n) is 2.58. The summed E-state index contributed by atoms with van der Waals surface area (Å²) in [4.78, 5) is 12.1. The third-order valence-corrected chi connectivity index (χ3v) is 2.58. The van der Waals surface area contributed by atoms with Crippen LogP contribution in [0.3, 0.4) is 0 Å². The van der Waals surface area contributed by atoms with Gasteiger partial charge in [-0.1, -0.05) is 72.1 Å². The molecule has 17 heavy (non-hydrogen) atoms. The molecule has 0 amide bonds. The Bertz CT molecular complexity index is 465. The van der Waals surface area contributed by atoms with Crippen LogP contribution in [0.5, 0.6) is 0 Å². The summed E-state index contributed by atoms with van der Waals surface area (Å²) in [5.41, 5.74) is 1.67. The van der Waals surface area contributed by atoms with E-state index in [0.29, 0.717) is 5.56 Å². The van der Waals surface area contributed by atoms with Crippen LogP contribution in [0.25, 0.3) is 0 Å². The average molecular weight is 476 g/mol. The monoisotopic (exact) mass is 476 g/mol. The molecule has 0 spiro atoms. The van der Waals surface area contributed by atoms with Crippen molar-refractivity contribution >= 4 is 5.78 Å². The van der Waals surface area contributed by atoms with Gasteiger partial charge in [-0.15, -0.1) is 0 Å². The summed E-state index contributed by atoms with van der Waals surface area (Å²) in [5.74, 6) is -0.268. The van der Waals surface area contributed by atoms with Crippen LogP contribution in [0, 0.1) is 6.92 Å². The maximum Gasteiger partial charge on any atom is 0.140 e. The van der Waals surface area contributed by atoms with Gasteiger partial charge in [-0.3, -0.25) is 4.79 Å². The number of Topliss-reactive ketones (excluding diaryl/α,β-unsaturated/α-hetero) is 1. The largest absolute Gasteiger partial charge is 0.328 e. The predicted octanol–water partition coefficient (Wildman–Crippen LogP) is 3.49. The summed E-state index contributed by atoms with van der Waals surface area (Å²) in [6.45, 7) is 3.94. The zero-order valence-electron chi connectivity index (χ0n) is 9.67. The van der Waals surface area contributed by atoms with Gasteiger partial charge in [0.2, 0.25) is 0 Å². The molecule has 0 saturated heterocycles. The summed E-state index contributed by atoms with van der Waals surface area (Å²) in [6, 6.07) is 18.9. The summed E-state index contributed by atoms with van der Waals surface area (Å²) in [6.07, 6.45) is 0. The Morgan fingerprint density at radius 1 is 0.882 bits per heavy atom. The normalized spacial score (nSPS) is 11.4. The van der Waals surface area contributed by atoms with E-state index in [4.69, 9.17) is 0 Å². The average Bonchev–Trinajstić information content (AvgIpc) is 2.39. The van der Waals surface area contributed by atoms with E-state index in [-0.39, 0.29) is 11.7 Å². The van der Waals surface area contributed by atoms with Crippen molar-refractivity contribution in [2.45, 2.75) is 5.92 Å². The van der Waals surface area contributed by atoms with E-state index in [1.54, 1.807) is 0 Å². The molecular formula is C15H13ORf-. The van der Waals surface area contributed by atoms with E-state index in [9.17, 15) is 4.79 Å². The molecule has 0 N–H and O–H groups in total. The Kier molecular flexibility index (Phi) is 3.77. The minimum absolute atomic E-state index is 0. The van der Waals surface area contributed by atoms with Crippen molar-refractivity contribution in [2.75, 3.05) is 0 Å². The van der Waals surface area contributed by atoms with Gasteiger partial charge in [-0.05, 0) is 0 Å². The van der Waals surface area contributed by atoms with Gasteiger partial charge in [0.25, 0.3) is 0 Å². The summed E-state index contributed by atoms with van der Waals surface area (Å²) in [7, 11) is 0. The van der Waals surface area contributed by atoms with E-state index in [1.165, 1.54) is 0 Å². The van der Waals surface area contributed by atoms with Crippen molar-refractivity contribution in [3.63, 3.8) is 0 Å². The smallest absolute Gasteiger partial charge is 0.140 e. The fraction of sp³-hybridized carbons (Fsp3) is 0.0667. The van der Waals surface area contributed by atoms with Crippen LogP contribution in [0.4, 0.5) is 0 Å². The Morgan fingerprint density at radius 2 is 1.35 bits per heavy atom. The van der Waals surface area contributed by atoms with Crippen LogP contribution < -0.4 is 0 Å². The molecule has 0 aliphatic heterocycles. The molecule has 2 aromatic rings. The second-order valence-corrected chi connectivity index (χ2v) is 3.69.